The van der Waals surface area contributed by atoms with Gasteiger partial charge in [-0.05, 0) is 58.4 Å². The number of halogens is 2. The molecule has 2 N–H and O–H groups in total. The number of carbonyl (C=O) groups is 1. The van der Waals surface area contributed by atoms with Gasteiger partial charge in [0.1, 0.15) is 5.69 Å². The SMILES string of the molecule is CC1CC(NC(=O)c2cc(-c3ccco3)nc3c2cnn3C(C)C)CCN1.Cl.Cl. The highest BCUT2D eigenvalue weighted by Crippen LogP contribution is 2.27. The summed E-state index contributed by atoms with van der Waals surface area (Å²) in [4.78, 5) is 17.8. The number of pyridine rings is 1. The van der Waals surface area contributed by atoms with Gasteiger partial charge in [0.2, 0.25) is 0 Å². The van der Waals surface area contributed by atoms with Crippen LogP contribution in [0.1, 0.15) is 50.0 Å². The highest BCUT2D eigenvalue weighted by Gasteiger charge is 2.24. The van der Waals surface area contributed by atoms with E-state index in [0.717, 1.165) is 24.8 Å². The quantitative estimate of drug-likeness (QED) is 0.641. The zero-order valence-electron chi connectivity index (χ0n) is 16.7. The van der Waals surface area contributed by atoms with Crippen LogP contribution in [0.5, 0.6) is 0 Å². The molecule has 4 heterocycles. The van der Waals surface area contributed by atoms with Gasteiger partial charge in [0, 0.05) is 18.1 Å². The molecule has 0 aromatic carbocycles. The lowest BCUT2D eigenvalue weighted by Crippen LogP contribution is -2.46. The third-order valence-corrected chi connectivity index (χ3v) is 5.03. The number of nitrogens with zero attached hydrogens (tertiary/aromatic N) is 3. The molecule has 158 valence electrons. The van der Waals surface area contributed by atoms with Crippen molar-refractivity contribution < 1.29 is 9.21 Å². The molecule has 0 spiro atoms. The Bertz CT molecular complexity index is 955. The average molecular weight is 440 g/mol. The van der Waals surface area contributed by atoms with Crippen molar-refractivity contribution >= 4 is 41.8 Å². The van der Waals surface area contributed by atoms with Crippen LogP contribution in [0, 0.1) is 0 Å². The topological polar surface area (TPSA) is 85.0 Å². The summed E-state index contributed by atoms with van der Waals surface area (Å²) in [5.74, 6) is 0.551. The first kappa shape index (κ1) is 23.2. The fraction of sp³-hybridized carbons (Fsp3) is 0.450. The number of furan rings is 1. The van der Waals surface area contributed by atoms with Gasteiger partial charge < -0.3 is 15.1 Å². The molecule has 2 atom stereocenters. The smallest absolute Gasteiger partial charge is 0.252 e. The molecule has 3 aromatic heterocycles. The van der Waals surface area contributed by atoms with Gasteiger partial charge >= 0.3 is 0 Å². The molecule has 1 fully saturated rings. The molecule has 1 saturated heterocycles. The van der Waals surface area contributed by atoms with E-state index in [1.54, 1.807) is 18.5 Å². The van der Waals surface area contributed by atoms with E-state index in [0.29, 0.717) is 28.7 Å². The largest absolute Gasteiger partial charge is 0.463 e. The molecule has 3 aromatic rings. The molecule has 7 nitrogen and oxygen atoms in total. The van der Waals surface area contributed by atoms with Crippen LogP contribution in [-0.2, 0) is 0 Å². The Balaban J connectivity index is 0.00000150. The summed E-state index contributed by atoms with van der Waals surface area (Å²) < 4.78 is 7.35. The van der Waals surface area contributed by atoms with Crippen molar-refractivity contribution in [3.05, 3.63) is 36.2 Å². The normalized spacial score (nSPS) is 18.9. The predicted octanol–water partition coefficient (Wildman–Crippen LogP) is 3.99. The van der Waals surface area contributed by atoms with E-state index < -0.39 is 0 Å². The number of amides is 1. The summed E-state index contributed by atoms with van der Waals surface area (Å²) in [5, 5.41) is 11.8. The minimum atomic E-state index is -0.0855. The monoisotopic (exact) mass is 439 g/mol. The molecule has 4 rings (SSSR count). The van der Waals surface area contributed by atoms with Crippen molar-refractivity contribution in [1.82, 2.24) is 25.4 Å². The average Bonchev–Trinajstić information content (AvgIpc) is 3.30. The summed E-state index contributed by atoms with van der Waals surface area (Å²) in [7, 11) is 0. The lowest BCUT2D eigenvalue weighted by molar-refractivity contribution is 0.0927. The molecule has 0 radical (unpaired) electrons. The molecule has 1 aliphatic heterocycles. The highest BCUT2D eigenvalue weighted by atomic mass is 35.5. The Kier molecular flexibility index (Phi) is 7.68. The maximum Gasteiger partial charge on any atom is 0.252 e. The third kappa shape index (κ3) is 4.74. The van der Waals surface area contributed by atoms with Crippen LogP contribution in [0.2, 0.25) is 0 Å². The molecule has 1 aliphatic rings. The molecule has 0 saturated carbocycles. The number of fused-ring (bicyclic) bond motifs is 1. The van der Waals surface area contributed by atoms with E-state index in [1.807, 2.05) is 30.7 Å². The van der Waals surface area contributed by atoms with Gasteiger partial charge in [-0.15, -0.1) is 24.8 Å². The minimum absolute atomic E-state index is 0. The van der Waals surface area contributed by atoms with Gasteiger partial charge in [0.25, 0.3) is 5.91 Å². The number of carbonyl (C=O) groups excluding carboxylic acids is 1. The van der Waals surface area contributed by atoms with E-state index in [2.05, 4.69) is 22.7 Å². The van der Waals surface area contributed by atoms with E-state index in [-0.39, 0.29) is 42.8 Å². The summed E-state index contributed by atoms with van der Waals surface area (Å²) in [6.07, 6.45) is 5.20. The summed E-state index contributed by atoms with van der Waals surface area (Å²) in [5.41, 5.74) is 1.92. The van der Waals surface area contributed by atoms with Crippen molar-refractivity contribution in [3.63, 3.8) is 0 Å². The predicted molar refractivity (Wildman–Crippen MR) is 118 cm³/mol. The molecular weight excluding hydrogens is 413 g/mol. The summed E-state index contributed by atoms with van der Waals surface area (Å²) in [6, 6.07) is 6.18. The first-order chi connectivity index (χ1) is 13.0. The van der Waals surface area contributed by atoms with E-state index in [4.69, 9.17) is 9.40 Å². The Hall–Kier alpha value is -2.09. The van der Waals surface area contributed by atoms with Crippen molar-refractivity contribution in [1.29, 1.82) is 0 Å². The maximum absolute atomic E-state index is 13.1. The lowest BCUT2D eigenvalue weighted by Gasteiger charge is -2.28. The van der Waals surface area contributed by atoms with Gasteiger partial charge in [0.15, 0.2) is 11.4 Å². The summed E-state index contributed by atoms with van der Waals surface area (Å²) >= 11 is 0. The van der Waals surface area contributed by atoms with Crippen LogP contribution < -0.4 is 10.6 Å². The first-order valence-corrected chi connectivity index (χ1v) is 9.49. The van der Waals surface area contributed by atoms with Gasteiger partial charge in [-0.2, -0.15) is 5.10 Å². The minimum Gasteiger partial charge on any atom is -0.463 e. The van der Waals surface area contributed by atoms with Crippen LogP contribution in [0.25, 0.3) is 22.5 Å². The zero-order chi connectivity index (χ0) is 19.0. The molecule has 0 bridgehead atoms. The van der Waals surface area contributed by atoms with E-state index >= 15 is 0 Å². The fourth-order valence-corrected chi connectivity index (χ4v) is 3.66. The number of hydrogen-bond donors (Lipinski definition) is 2. The second-order valence-electron chi connectivity index (χ2n) is 7.50. The number of nitrogens with one attached hydrogen (secondary N) is 2. The molecule has 9 heteroatoms. The van der Waals surface area contributed by atoms with Crippen molar-refractivity contribution in [2.75, 3.05) is 6.54 Å². The van der Waals surface area contributed by atoms with Crippen LogP contribution in [0.3, 0.4) is 0 Å². The second-order valence-corrected chi connectivity index (χ2v) is 7.50. The van der Waals surface area contributed by atoms with Crippen LogP contribution >= 0.6 is 24.8 Å². The Morgan fingerprint density at radius 2 is 2.17 bits per heavy atom. The number of rotatable bonds is 4. The van der Waals surface area contributed by atoms with Gasteiger partial charge in [-0.1, -0.05) is 0 Å². The lowest BCUT2D eigenvalue weighted by atomic mass is 10.00. The van der Waals surface area contributed by atoms with Crippen molar-refractivity contribution in [2.45, 2.75) is 51.7 Å². The van der Waals surface area contributed by atoms with Crippen molar-refractivity contribution in [2.24, 2.45) is 0 Å². The summed E-state index contributed by atoms with van der Waals surface area (Å²) in [6.45, 7) is 7.15. The number of hydrogen-bond acceptors (Lipinski definition) is 5. The number of aromatic nitrogens is 3. The van der Waals surface area contributed by atoms with E-state index in [9.17, 15) is 4.79 Å². The van der Waals surface area contributed by atoms with Gasteiger partial charge in [0.05, 0.1) is 23.4 Å². The van der Waals surface area contributed by atoms with Gasteiger partial charge in [-0.3, -0.25) is 4.79 Å². The van der Waals surface area contributed by atoms with E-state index in [1.165, 1.54) is 0 Å². The molecule has 1 amide bonds. The molecular formula is C20H27Cl2N5O2. The highest BCUT2D eigenvalue weighted by molar-refractivity contribution is 6.06. The Morgan fingerprint density at radius 1 is 1.38 bits per heavy atom. The maximum atomic E-state index is 13.1. The standard InChI is InChI=1S/C20H25N5O2.2ClH/c1-12(2)25-19-16(11-22-25)15(10-17(24-19)18-5-4-8-27-18)20(26)23-14-6-7-21-13(3)9-14;;/h4-5,8,10-14,21H,6-7,9H2,1-3H3,(H,23,26);2*1H. The van der Waals surface area contributed by atoms with Crippen LogP contribution in [0.4, 0.5) is 0 Å². The first-order valence-electron chi connectivity index (χ1n) is 9.49. The van der Waals surface area contributed by atoms with Gasteiger partial charge in [-0.25, -0.2) is 9.67 Å². The van der Waals surface area contributed by atoms with Crippen molar-refractivity contribution in [3.8, 4) is 11.5 Å². The third-order valence-electron chi connectivity index (χ3n) is 5.03. The number of piperidine rings is 1. The Morgan fingerprint density at radius 3 is 2.83 bits per heavy atom. The molecule has 0 aliphatic carbocycles. The van der Waals surface area contributed by atoms with Crippen LogP contribution in [-0.4, -0.2) is 39.3 Å². The molecule has 2 unspecified atom stereocenters. The van der Waals surface area contributed by atoms with Crippen LogP contribution in [0.15, 0.2) is 35.1 Å². The second kappa shape index (κ2) is 9.61. The Labute approximate surface area is 182 Å². The zero-order valence-corrected chi connectivity index (χ0v) is 18.3. The molecule has 29 heavy (non-hydrogen) atoms. The fourth-order valence-electron chi connectivity index (χ4n) is 3.66.